The second-order valence-electron chi connectivity index (χ2n) is 10.2. The summed E-state index contributed by atoms with van der Waals surface area (Å²) in [5, 5.41) is 4.46. The molecule has 1 aliphatic carbocycles. The number of hydrogen-bond acceptors (Lipinski definition) is 7. The average molecular weight is 560 g/mol. The number of anilines is 1. The van der Waals surface area contributed by atoms with Gasteiger partial charge in [0.05, 0.1) is 36.1 Å². The third kappa shape index (κ3) is 5.69. The van der Waals surface area contributed by atoms with Crippen LogP contribution in [0.2, 0.25) is 0 Å². The summed E-state index contributed by atoms with van der Waals surface area (Å²) in [5.74, 6) is -0.560. The Labute approximate surface area is 228 Å². The Morgan fingerprint density at radius 3 is 2.62 bits per heavy atom. The number of nitrogens with zero attached hydrogens (tertiary/aromatic N) is 7. The number of hydrogen-bond donors (Lipinski definition) is 0. The number of rotatable bonds is 6. The van der Waals surface area contributed by atoms with Crippen molar-refractivity contribution in [2.75, 3.05) is 25.0 Å². The molecule has 40 heavy (non-hydrogen) atoms. The molecule has 2 aromatic heterocycles. The zero-order chi connectivity index (χ0) is 28.8. The number of alkyl halides is 3. The van der Waals surface area contributed by atoms with Gasteiger partial charge in [0, 0.05) is 30.9 Å². The highest BCUT2D eigenvalue weighted by Gasteiger charge is 2.33. The predicted molar refractivity (Wildman–Crippen MR) is 140 cm³/mol. The number of amidine groups is 1. The Hall–Kier alpha value is -3.87. The lowest BCUT2D eigenvalue weighted by Gasteiger charge is -2.36. The Kier molecular flexibility index (Phi) is 7.34. The van der Waals surface area contributed by atoms with Crippen molar-refractivity contribution in [1.29, 1.82) is 0 Å². The van der Waals surface area contributed by atoms with Crippen molar-refractivity contribution >= 4 is 23.9 Å². The van der Waals surface area contributed by atoms with Crippen LogP contribution in [0.25, 0.3) is 11.3 Å². The van der Waals surface area contributed by atoms with E-state index in [0.29, 0.717) is 37.3 Å². The minimum Gasteiger partial charge on any atom is -0.367 e. The topological polar surface area (TPSA) is 88.7 Å². The first-order valence-corrected chi connectivity index (χ1v) is 12.9. The van der Waals surface area contributed by atoms with Gasteiger partial charge < -0.3 is 14.5 Å². The van der Waals surface area contributed by atoms with E-state index in [2.05, 4.69) is 20.1 Å². The maximum absolute atomic E-state index is 15.2. The molecule has 9 nitrogen and oxygen atoms in total. The molecule has 0 bridgehead atoms. The third-order valence-electron chi connectivity index (χ3n) is 7.00. The molecule has 212 valence electrons. The molecular weight excluding hydrogens is 530 g/mol. The fraction of sp³-hybridized carbons (Fsp3) is 0.444. The largest absolute Gasteiger partial charge is 0.416 e. The molecule has 2 unspecified atom stereocenters. The normalized spacial score (nSPS) is 20.1. The molecule has 1 aromatic carbocycles. The van der Waals surface area contributed by atoms with Crippen LogP contribution in [0.1, 0.15) is 55.7 Å². The number of ether oxygens (including phenoxy) is 1. The molecule has 1 saturated heterocycles. The van der Waals surface area contributed by atoms with Gasteiger partial charge in [0.25, 0.3) is 0 Å². The van der Waals surface area contributed by atoms with Crippen LogP contribution in [-0.2, 0) is 15.7 Å². The van der Waals surface area contributed by atoms with Gasteiger partial charge in [0.15, 0.2) is 0 Å². The van der Waals surface area contributed by atoms with E-state index >= 15 is 4.39 Å². The number of aromatic nitrogens is 4. The number of morpholine rings is 1. The van der Waals surface area contributed by atoms with Gasteiger partial charge in [-0.1, -0.05) is 0 Å². The molecule has 3 aromatic rings. The van der Waals surface area contributed by atoms with Crippen LogP contribution in [0.5, 0.6) is 0 Å². The summed E-state index contributed by atoms with van der Waals surface area (Å²) in [7, 11) is 1.50. The highest BCUT2D eigenvalue weighted by atomic mass is 19.4. The molecule has 1 amide bonds. The lowest BCUT2D eigenvalue weighted by molar-refractivity contribution is -0.137. The number of aliphatic imine (C=N–C) groups is 1. The molecule has 2 fully saturated rings. The number of halogens is 4. The second kappa shape index (κ2) is 10.6. The Bertz CT molecular complexity index is 1450. The van der Waals surface area contributed by atoms with Crippen LogP contribution in [0.4, 0.5) is 29.2 Å². The third-order valence-corrected chi connectivity index (χ3v) is 7.00. The van der Waals surface area contributed by atoms with E-state index in [4.69, 9.17) is 4.74 Å². The minimum absolute atomic E-state index is 0.0182. The molecule has 5 rings (SSSR count). The van der Waals surface area contributed by atoms with Gasteiger partial charge in [-0.25, -0.2) is 19.4 Å². The van der Waals surface area contributed by atoms with Crippen LogP contribution in [0.3, 0.4) is 0 Å². The average Bonchev–Trinajstić information content (AvgIpc) is 3.64. The summed E-state index contributed by atoms with van der Waals surface area (Å²) in [6, 6.07) is 2.71. The first-order chi connectivity index (χ1) is 18.9. The zero-order valence-electron chi connectivity index (χ0n) is 22.5. The molecule has 0 N–H and O–H groups in total. The van der Waals surface area contributed by atoms with E-state index in [0.717, 1.165) is 30.5 Å². The van der Waals surface area contributed by atoms with Gasteiger partial charge in [-0.3, -0.25) is 9.48 Å². The quantitative estimate of drug-likeness (QED) is 0.178. The van der Waals surface area contributed by atoms with Crippen LogP contribution >= 0.6 is 0 Å². The fourth-order valence-corrected chi connectivity index (χ4v) is 4.57. The Morgan fingerprint density at radius 1 is 1.23 bits per heavy atom. The summed E-state index contributed by atoms with van der Waals surface area (Å²) in [4.78, 5) is 28.1. The van der Waals surface area contributed by atoms with Gasteiger partial charge in [-0.05, 0) is 51.8 Å². The number of benzene rings is 1. The lowest BCUT2D eigenvalue weighted by Crippen LogP contribution is -2.43. The first-order valence-electron chi connectivity index (χ1n) is 12.9. The van der Waals surface area contributed by atoms with Crippen molar-refractivity contribution in [2.45, 2.75) is 58.0 Å². The van der Waals surface area contributed by atoms with Crippen molar-refractivity contribution in [1.82, 2.24) is 24.6 Å². The van der Waals surface area contributed by atoms with Gasteiger partial charge in [0.2, 0.25) is 12.4 Å². The van der Waals surface area contributed by atoms with Crippen LogP contribution in [0.15, 0.2) is 35.6 Å². The highest BCUT2D eigenvalue weighted by Crippen LogP contribution is 2.39. The van der Waals surface area contributed by atoms with Crippen molar-refractivity contribution in [3.05, 3.63) is 53.2 Å². The van der Waals surface area contributed by atoms with Crippen molar-refractivity contribution in [3.63, 3.8) is 0 Å². The Balaban J connectivity index is 1.57. The summed E-state index contributed by atoms with van der Waals surface area (Å²) in [5.41, 5.74) is 0.182. The molecule has 2 aliphatic rings. The zero-order valence-corrected chi connectivity index (χ0v) is 22.5. The smallest absolute Gasteiger partial charge is 0.367 e. The van der Waals surface area contributed by atoms with Crippen molar-refractivity contribution in [2.24, 2.45) is 4.99 Å². The van der Waals surface area contributed by atoms with Gasteiger partial charge >= 0.3 is 6.18 Å². The monoisotopic (exact) mass is 559 g/mol. The van der Waals surface area contributed by atoms with Crippen molar-refractivity contribution in [3.8, 4) is 11.3 Å². The van der Waals surface area contributed by atoms with E-state index in [1.807, 2.05) is 22.7 Å². The number of carbonyl (C=O) groups is 1. The molecule has 1 aliphatic heterocycles. The molecular formula is C27H29F4N7O2. The molecule has 13 heteroatoms. The van der Waals surface area contributed by atoms with E-state index in [1.54, 1.807) is 20.0 Å². The molecule has 0 radical (unpaired) electrons. The SMILES string of the molecule is CC(=Nc1c(C)nc(N2CC(C)OC(c3cnn(C4CC4)c3)C2)nc1-c1ccc(C(F)(F)F)cc1F)N(C)C=O. The minimum atomic E-state index is -4.71. The van der Waals surface area contributed by atoms with Gasteiger partial charge in [-0.2, -0.15) is 18.3 Å². The van der Waals surface area contributed by atoms with E-state index in [-0.39, 0.29) is 40.9 Å². The standard InChI is InChI=1S/C27H29F4N7O2/c1-15-11-37(13-23(40-15)18-10-32-38(12-18)20-6-7-20)26-33-16(2)24(34-17(3)36(4)14-39)25(35-26)21-8-5-19(9-22(21)28)27(29,30)31/h5,8-10,12,14-15,20,23H,6-7,11,13H2,1-4H3. The van der Waals surface area contributed by atoms with Gasteiger partial charge in [-0.15, -0.1) is 0 Å². The molecule has 0 spiro atoms. The number of amides is 1. The lowest BCUT2D eigenvalue weighted by atomic mass is 10.1. The predicted octanol–water partition coefficient (Wildman–Crippen LogP) is 5.25. The van der Waals surface area contributed by atoms with Crippen LogP contribution in [-0.4, -0.2) is 63.1 Å². The maximum atomic E-state index is 15.2. The first kappa shape index (κ1) is 27.7. The Morgan fingerprint density at radius 2 is 1.98 bits per heavy atom. The van der Waals surface area contributed by atoms with E-state index in [9.17, 15) is 18.0 Å². The maximum Gasteiger partial charge on any atom is 0.416 e. The van der Waals surface area contributed by atoms with E-state index in [1.165, 1.54) is 11.9 Å². The van der Waals surface area contributed by atoms with Crippen molar-refractivity contribution < 1.29 is 27.1 Å². The van der Waals surface area contributed by atoms with Gasteiger partial charge in [0.1, 0.15) is 29.1 Å². The van der Waals surface area contributed by atoms with E-state index < -0.39 is 17.6 Å². The highest BCUT2D eigenvalue weighted by molar-refractivity contribution is 5.92. The summed E-state index contributed by atoms with van der Waals surface area (Å²) >= 11 is 0. The number of carbonyl (C=O) groups excluding carboxylic acids is 1. The fourth-order valence-electron chi connectivity index (χ4n) is 4.57. The molecule has 3 heterocycles. The summed E-state index contributed by atoms with van der Waals surface area (Å²) in [6.45, 7) is 5.99. The molecule has 1 saturated carbocycles. The van der Waals surface area contributed by atoms with Crippen LogP contribution in [0, 0.1) is 12.7 Å². The van der Waals surface area contributed by atoms with Crippen LogP contribution < -0.4 is 4.90 Å². The molecule has 2 atom stereocenters. The number of aryl methyl sites for hydroxylation is 1. The second-order valence-corrected chi connectivity index (χ2v) is 10.2. The summed E-state index contributed by atoms with van der Waals surface area (Å²) in [6.07, 6.45) is 1.32. The summed E-state index contributed by atoms with van der Waals surface area (Å²) < 4.78 is 63.1.